The van der Waals surface area contributed by atoms with Crippen molar-refractivity contribution in [2.75, 3.05) is 0 Å². The van der Waals surface area contributed by atoms with Crippen molar-refractivity contribution in [2.24, 2.45) is 0 Å². The second-order valence-electron chi connectivity index (χ2n) is 5.19. The molecule has 0 aliphatic rings. The Kier molecular flexibility index (Phi) is 5.52. The van der Waals surface area contributed by atoms with Gasteiger partial charge in [-0.1, -0.05) is 54.1 Å². The molecule has 0 aliphatic carbocycles. The Morgan fingerprint density at radius 1 is 1.05 bits per heavy atom. The van der Waals surface area contributed by atoms with Crippen molar-refractivity contribution in [2.45, 2.75) is 32.9 Å². The Balaban J connectivity index is 1.81. The SMILES string of the molecule is Cc1ccc(CCC(=O)NCc2ccccc2CO)cc1. The molecule has 2 aromatic carbocycles. The van der Waals surface area contributed by atoms with Crippen molar-refractivity contribution in [3.05, 3.63) is 70.8 Å². The number of rotatable bonds is 6. The zero-order valence-corrected chi connectivity index (χ0v) is 12.3. The number of aryl methyl sites for hydroxylation is 2. The third kappa shape index (κ3) is 4.72. The summed E-state index contributed by atoms with van der Waals surface area (Å²) < 4.78 is 0. The van der Waals surface area contributed by atoms with Gasteiger partial charge in [0.05, 0.1) is 6.61 Å². The Morgan fingerprint density at radius 3 is 2.38 bits per heavy atom. The lowest BCUT2D eigenvalue weighted by atomic mass is 10.1. The van der Waals surface area contributed by atoms with Gasteiger partial charge in [0.15, 0.2) is 0 Å². The molecule has 0 saturated heterocycles. The van der Waals surface area contributed by atoms with Crippen LogP contribution < -0.4 is 5.32 Å². The first kappa shape index (κ1) is 15.3. The van der Waals surface area contributed by atoms with Crippen LogP contribution >= 0.6 is 0 Å². The third-order valence-electron chi connectivity index (χ3n) is 3.53. The first-order chi connectivity index (χ1) is 10.2. The maximum Gasteiger partial charge on any atom is 0.220 e. The molecule has 0 aromatic heterocycles. The van der Waals surface area contributed by atoms with E-state index in [9.17, 15) is 9.90 Å². The van der Waals surface area contributed by atoms with E-state index in [4.69, 9.17) is 0 Å². The maximum absolute atomic E-state index is 11.9. The van der Waals surface area contributed by atoms with Gasteiger partial charge in [0.1, 0.15) is 0 Å². The number of amides is 1. The van der Waals surface area contributed by atoms with Crippen molar-refractivity contribution in [3.8, 4) is 0 Å². The number of aliphatic hydroxyl groups excluding tert-OH is 1. The van der Waals surface area contributed by atoms with Crippen LogP contribution in [0.5, 0.6) is 0 Å². The van der Waals surface area contributed by atoms with Crippen molar-refractivity contribution in [3.63, 3.8) is 0 Å². The predicted molar refractivity (Wildman–Crippen MR) is 83.7 cm³/mol. The van der Waals surface area contributed by atoms with Crippen molar-refractivity contribution in [1.82, 2.24) is 5.32 Å². The van der Waals surface area contributed by atoms with Crippen LogP contribution in [0.4, 0.5) is 0 Å². The molecule has 2 rings (SSSR count). The van der Waals surface area contributed by atoms with Gasteiger partial charge in [-0.05, 0) is 30.0 Å². The fourth-order valence-electron chi connectivity index (χ4n) is 2.18. The summed E-state index contributed by atoms with van der Waals surface area (Å²) in [6, 6.07) is 15.8. The highest BCUT2D eigenvalue weighted by molar-refractivity contribution is 5.76. The van der Waals surface area contributed by atoms with E-state index >= 15 is 0 Å². The number of aliphatic hydroxyl groups is 1. The van der Waals surface area contributed by atoms with Crippen molar-refractivity contribution >= 4 is 5.91 Å². The molecule has 0 saturated carbocycles. The number of carbonyl (C=O) groups is 1. The number of hydrogen-bond acceptors (Lipinski definition) is 2. The normalized spacial score (nSPS) is 10.4. The highest BCUT2D eigenvalue weighted by atomic mass is 16.3. The molecule has 2 aromatic rings. The van der Waals surface area contributed by atoms with Gasteiger partial charge in [-0.15, -0.1) is 0 Å². The van der Waals surface area contributed by atoms with E-state index in [1.165, 1.54) is 11.1 Å². The molecule has 3 nitrogen and oxygen atoms in total. The smallest absolute Gasteiger partial charge is 0.220 e. The number of benzene rings is 2. The zero-order chi connectivity index (χ0) is 15.1. The molecule has 0 fully saturated rings. The molecular formula is C18H21NO2. The summed E-state index contributed by atoms with van der Waals surface area (Å²) in [5.74, 6) is 0.0308. The maximum atomic E-state index is 11.9. The van der Waals surface area contributed by atoms with Crippen LogP contribution in [-0.2, 0) is 24.4 Å². The molecule has 0 atom stereocenters. The quantitative estimate of drug-likeness (QED) is 0.856. The van der Waals surface area contributed by atoms with E-state index < -0.39 is 0 Å². The molecule has 0 unspecified atom stereocenters. The van der Waals surface area contributed by atoms with Crippen LogP contribution in [0.25, 0.3) is 0 Å². The summed E-state index contributed by atoms with van der Waals surface area (Å²) >= 11 is 0. The second kappa shape index (κ2) is 7.60. The van der Waals surface area contributed by atoms with Crippen LogP contribution in [0.2, 0.25) is 0 Å². The van der Waals surface area contributed by atoms with E-state index in [0.29, 0.717) is 13.0 Å². The summed E-state index contributed by atoms with van der Waals surface area (Å²) in [5.41, 5.74) is 4.22. The molecule has 0 heterocycles. The highest BCUT2D eigenvalue weighted by Gasteiger charge is 2.05. The van der Waals surface area contributed by atoms with Crippen LogP contribution in [0.3, 0.4) is 0 Å². The minimum Gasteiger partial charge on any atom is -0.392 e. The molecule has 0 spiro atoms. The summed E-state index contributed by atoms with van der Waals surface area (Å²) in [4.78, 5) is 11.9. The lowest BCUT2D eigenvalue weighted by Gasteiger charge is -2.09. The van der Waals surface area contributed by atoms with E-state index in [0.717, 1.165) is 17.5 Å². The van der Waals surface area contributed by atoms with Crippen LogP contribution in [-0.4, -0.2) is 11.0 Å². The van der Waals surface area contributed by atoms with Gasteiger partial charge in [-0.3, -0.25) is 4.79 Å². The van der Waals surface area contributed by atoms with Gasteiger partial charge in [0.2, 0.25) is 5.91 Å². The van der Waals surface area contributed by atoms with Crippen LogP contribution in [0.1, 0.15) is 28.7 Å². The van der Waals surface area contributed by atoms with Crippen molar-refractivity contribution < 1.29 is 9.90 Å². The molecule has 0 bridgehead atoms. The van der Waals surface area contributed by atoms with E-state index in [-0.39, 0.29) is 12.5 Å². The van der Waals surface area contributed by atoms with Crippen LogP contribution in [0.15, 0.2) is 48.5 Å². The average molecular weight is 283 g/mol. The Bertz CT molecular complexity index is 590. The minimum absolute atomic E-state index is 0.00455. The molecular weight excluding hydrogens is 262 g/mol. The third-order valence-corrected chi connectivity index (χ3v) is 3.53. The molecule has 110 valence electrons. The fraction of sp³-hybridized carbons (Fsp3) is 0.278. The Hall–Kier alpha value is -2.13. The van der Waals surface area contributed by atoms with E-state index in [2.05, 4.69) is 36.5 Å². The summed E-state index contributed by atoms with van der Waals surface area (Å²) in [7, 11) is 0. The molecule has 2 N–H and O–H groups in total. The fourth-order valence-corrected chi connectivity index (χ4v) is 2.18. The summed E-state index contributed by atoms with van der Waals surface area (Å²) in [6.07, 6.45) is 1.22. The molecule has 0 radical (unpaired) electrons. The Labute approximate surface area is 125 Å². The standard InChI is InChI=1S/C18H21NO2/c1-14-6-8-15(9-7-14)10-11-18(21)19-12-16-4-2-3-5-17(16)13-20/h2-9,20H,10-13H2,1H3,(H,19,21). The first-order valence-electron chi connectivity index (χ1n) is 7.19. The summed E-state index contributed by atoms with van der Waals surface area (Å²) in [5, 5.41) is 12.2. The predicted octanol–water partition coefficient (Wildman–Crippen LogP) is 2.74. The number of nitrogens with one attached hydrogen (secondary N) is 1. The van der Waals surface area contributed by atoms with Crippen molar-refractivity contribution in [1.29, 1.82) is 0 Å². The van der Waals surface area contributed by atoms with E-state index in [1.54, 1.807) is 0 Å². The first-order valence-corrected chi connectivity index (χ1v) is 7.19. The van der Waals surface area contributed by atoms with Gasteiger partial charge >= 0.3 is 0 Å². The summed E-state index contributed by atoms with van der Waals surface area (Å²) in [6.45, 7) is 2.51. The number of hydrogen-bond donors (Lipinski definition) is 2. The largest absolute Gasteiger partial charge is 0.392 e. The topological polar surface area (TPSA) is 49.3 Å². The van der Waals surface area contributed by atoms with Crippen LogP contribution in [0, 0.1) is 6.92 Å². The van der Waals surface area contributed by atoms with Gasteiger partial charge in [0.25, 0.3) is 0 Å². The molecule has 21 heavy (non-hydrogen) atoms. The molecule has 0 aliphatic heterocycles. The van der Waals surface area contributed by atoms with Gasteiger partial charge in [-0.25, -0.2) is 0 Å². The highest BCUT2D eigenvalue weighted by Crippen LogP contribution is 2.09. The Morgan fingerprint density at radius 2 is 1.71 bits per heavy atom. The zero-order valence-electron chi connectivity index (χ0n) is 12.3. The monoisotopic (exact) mass is 283 g/mol. The second-order valence-corrected chi connectivity index (χ2v) is 5.19. The van der Waals surface area contributed by atoms with E-state index in [1.807, 2.05) is 24.3 Å². The van der Waals surface area contributed by atoms with Gasteiger partial charge < -0.3 is 10.4 Å². The molecule has 3 heteroatoms. The minimum atomic E-state index is -0.00455. The van der Waals surface area contributed by atoms with Gasteiger partial charge in [-0.2, -0.15) is 0 Å². The lowest BCUT2D eigenvalue weighted by molar-refractivity contribution is -0.121. The van der Waals surface area contributed by atoms with Gasteiger partial charge in [0, 0.05) is 13.0 Å². The lowest BCUT2D eigenvalue weighted by Crippen LogP contribution is -2.23. The average Bonchev–Trinajstić information content (AvgIpc) is 2.52. The molecule has 1 amide bonds. The number of carbonyl (C=O) groups excluding carboxylic acids is 1.